The fraction of sp³-hybridized carbons (Fsp3) is 0.587. The van der Waals surface area contributed by atoms with Crippen LogP contribution in [-0.2, 0) is 45.8 Å². The van der Waals surface area contributed by atoms with Crippen molar-refractivity contribution in [2.75, 3.05) is 66.0 Å². The van der Waals surface area contributed by atoms with Gasteiger partial charge in [0.25, 0.3) is 0 Å². The summed E-state index contributed by atoms with van der Waals surface area (Å²) in [5, 5.41) is 14.4. The number of methoxy groups -OCH3 is 3. The summed E-state index contributed by atoms with van der Waals surface area (Å²) >= 11 is 0. The van der Waals surface area contributed by atoms with E-state index in [2.05, 4.69) is 52.1 Å². The molecule has 4 N–H and O–H groups in total. The van der Waals surface area contributed by atoms with E-state index < -0.39 is 57.4 Å². The van der Waals surface area contributed by atoms with Crippen LogP contribution in [0.4, 0.5) is 5.69 Å². The zero-order valence-electron chi connectivity index (χ0n) is 35.4. The van der Waals surface area contributed by atoms with E-state index in [0.29, 0.717) is 50.1 Å². The summed E-state index contributed by atoms with van der Waals surface area (Å²) in [5.41, 5.74) is 6.35. The molecule has 0 amide bonds. The third-order valence-corrected chi connectivity index (χ3v) is 15.7. The number of aromatic amines is 1. The number of aromatic nitrogens is 1. The van der Waals surface area contributed by atoms with Crippen LogP contribution in [0.2, 0.25) is 0 Å². The van der Waals surface area contributed by atoms with Gasteiger partial charge >= 0.3 is 17.9 Å². The standard InChI is InChI=1S/C46H59N5O8/c1-8-42(47)23-28-24-45(40(53)57-6,36-30(15-19-50(25-28)26-42)29-13-10-11-14-33(29)48-36)32-21-31-34(22-35(32)56-5)49(4)38-44(31)17-20-51-18-12-16-43(9-2,37(44)51)39(59-27(3)52)46(38,55)41(54)58-7/h10-14,16,21-22,28,37-39,48,55H,8-9,15,17-20,23-26,47H2,1-7H3/t28-,37-,38+,39+,42-,43+,44+,45-,46-/m0/s1. The van der Waals surface area contributed by atoms with Gasteiger partial charge in [-0.1, -0.05) is 44.2 Å². The molecule has 5 aliphatic heterocycles. The van der Waals surface area contributed by atoms with Gasteiger partial charge in [0.1, 0.15) is 11.2 Å². The maximum absolute atomic E-state index is 15.4. The fourth-order valence-electron chi connectivity index (χ4n) is 13.6. The number of aliphatic hydroxyl groups is 1. The lowest BCUT2D eigenvalue weighted by Crippen LogP contribution is -2.81. The van der Waals surface area contributed by atoms with Gasteiger partial charge in [0.15, 0.2) is 6.10 Å². The predicted molar refractivity (Wildman–Crippen MR) is 222 cm³/mol. The number of para-hydroxylation sites is 1. The van der Waals surface area contributed by atoms with E-state index in [1.165, 1.54) is 21.1 Å². The average Bonchev–Trinajstić information content (AvgIpc) is 3.90. The number of likely N-dealkylation sites (N-methyl/N-ethyl adjacent to an activating group) is 1. The molecule has 0 radical (unpaired) electrons. The first-order valence-corrected chi connectivity index (χ1v) is 21.3. The quantitative estimate of drug-likeness (QED) is 0.180. The van der Waals surface area contributed by atoms with E-state index in [4.69, 9.17) is 24.7 Å². The van der Waals surface area contributed by atoms with Crippen LogP contribution in [0, 0.1) is 11.3 Å². The highest BCUT2D eigenvalue weighted by molar-refractivity contribution is 5.95. The Kier molecular flexibility index (Phi) is 9.36. The Morgan fingerprint density at radius 3 is 2.44 bits per heavy atom. The number of esters is 3. The third-order valence-electron chi connectivity index (χ3n) is 15.7. The largest absolute Gasteiger partial charge is 0.496 e. The van der Waals surface area contributed by atoms with Crippen molar-refractivity contribution in [1.29, 1.82) is 0 Å². The number of rotatable bonds is 7. The number of hydrogen-bond acceptors (Lipinski definition) is 12. The van der Waals surface area contributed by atoms with Gasteiger partial charge in [0.05, 0.1) is 27.4 Å². The van der Waals surface area contributed by atoms with E-state index in [9.17, 15) is 14.7 Å². The topological polar surface area (TPSA) is 160 Å². The van der Waals surface area contributed by atoms with Gasteiger partial charge in [0, 0.05) is 96.5 Å². The van der Waals surface area contributed by atoms with E-state index in [1.807, 2.05) is 37.1 Å². The number of nitrogens with two attached hydrogens (primary N) is 1. The number of piperidine rings is 1. The highest BCUT2D eigenvalue weighted by Gasteiger charge is 2.80. The van der Waals surface area contributed by atoms with Crippen LogP contribution in [0.5, 0.6) is 5.75 Å². The summed E-state index contributed by atoms with van der Waals surface area (Å²) in [5.74, 6) is -1.35. The number of H-pyrrole nitrogens is 1. The fourth-order valence-corrected chi connectivity index (χ4v) is 13.6. The monoisotopic (exact) mass is 809 g/mol. The number of benzene rings is 2. The highest BCUT2D eigenvalue weighted by atomic mass is 16.6. The molecule has 6 aliphatic rings. The Hall–Kier alpha value is -4.43. The molecular formula is C46H59N5O8. The maximum atomic E-state index is 15.4. The van der Waals surface area contributed by atoms with Crippen molar-refractivity contribution in [2.45, 2.75) is 99.5 Å². The second-order valence-electron chi connectivity index (χ2n) is 18.3. The van der Waals surface area contributed by atoms with Crippen molar-refractivity contribution in [3.05, 3.63) is 70.9 Å². The van der Waals surface area contributed by atoms with Crippen LogP contribution in [0.15, 0.2) is 48.6 Å². The molecule has 2 bridgehead atoms. The Labute approximate surface area is 346 Å². The van der Waals surface area contributed by atoms with Gasteiger partial charge in [-0.3, -0.25) is 14.5 Å². The summed E-state index contributed by atoms with van der Waals surface area (Å²) in [4.78, 5) is 53.4. The first-order valence-electron chi connectivity index (χ1n) is 21.3. The molecule has 13 nitrogen and oxygen atoms in total. The molecule has 6 heterocycles. The number of hydrogen-bond donors (Lipinski definition) is 3. The molecule has 3 aromatic rings. The van der Waals surface area contributed by atoms with E-state index in [0.717, 1.165) is 65.9 Å². The molecule has 59 heavy (non-hydrogen) atoms. The number of ether oxygens (including phenoxy) is 4. The SMILES string of the molecule is CC[C@]1(N)C[C@@H]2CN(CCc3c([nH]c4ccccc34)[C@@](C(=O)OC)(c3cc4c(cc3OC)N(C)[C@H]3[C@@](O)(C(=O)OC)[C@H](OC(C)=O)[C@]5(CC)C=CCN6CC[C@]43[C@@H]65)C2)C1. The van der Waals surface area contributed by atoms with Gasteiger partial charge < -0.3 is 44.6 Å². The number of nitrogens with zero attached hydrogens (tertiary/aromatic N) is 3. The first-order chi connectivity index (χ1) is 28.2. The summed E-state index contributed by atoms with van der Waals surface area (Å²) in [6, 6.07) is 11.1. The Balaban J connectivity index is 1.36. The zero-order chi connectivity index (χ0) is 41.9. The normalized spacial score (nSPS) is 37.0. The molecular weight excluding hydrogens is 751 g/mol. The molecule has 2 aromatic carbocycles. The second kappa shape index (κ2) is 13.8. The number of nitrogens with one attached hydrogen (secondary N) is 1. The van der Waals surface area contributed by atoms with Crippen LogP contribution >= 0.6 is 0 Å². The second-order valence-corrected chi connectivity index (χ2v) is 18.3. The molecule has 1 aromatic heterocycles. The van der Waals surface area contributed by atoms with Crippen molar-refractivity contribution in [3.63, 3.8) is 0 Å². The van der Waals surface area contributed by atoms with Crippen LogP contribution in [0.1, 0.15) is 75.3 Å². The smallest absolute Gasteiger partial charge is 0.344 e. The number of carbonyl (C=O) groups excluding carboxylic acids is 3. The minimum Gasteiger partial charge on any atom is -0.496 e. The zero-order valence-corrected chi connectivity index (χ0v) is 35.4. The van der Waals surface area contributed by atoms with Crippen molar-refractivity contribution in [2.24, 2.45) is 17.1 Å². The molecule has 13 heteroatoms. The van der Waals surface area contributed by atoms with Crippen LogP contribution in [0.3, 0.4) is 0 Å². The van der Waals surface area contributed by atoms with E-state index in [1.54, 1.807) is 7.11 Å². The summed E-state index contributed by atoms with van der Waals surface area (Å²) in [6.45, 7) is 9.18. The molecule has 1 unspecified atom stereocenters. The van der Waals surface area contributed by atoms with Crippen molar-refractivity contribution < 1.29 is 38.4 Å². The van der Waals surface area contributed by atoms with Gasteiger partial charge in [-0.15, -0.1) is 0 Å². The number of anilines is 1. The Bertz CT molecular complexity index is 2260. The van der Waals surface area contributed by atoms with E-state index >= 15 is 4.79 Å². The maximum Gasteiger partial charge on any atom is 0.344 e. The van der Waals surface area contributed by atoms with Gasteiger partial charge in [-0.2, -0.15) is 0 Å². The number of fused-ring (bicyclic) bond motifs is 6. The van der Waals surface area contributed by atoms with Gasteiger partial charge in [-0.25, -0.2) is 4.79 Å². The molecule has 1 spiro atoms. The highest BCUT2D eigenvalue weighted by Crippen LogP contribution is 2.68. The first kappa shape index (κ1) is 40.0. The van der Waals surface area contributed by atoms with Crippen molar-refractivity contribution in [1.82, 2.24) is 14.8 Å². The molecule has 10 atom stereocenters. The van der Waals surface area contributed by atoms with E-state index in [-0.39, 0.29) is 12.0 Å². The molecule has 316 valence electrons. The summed E-state index contributed by atoms with van der Waals surface area (Å²) < 4.78 is 24.0. The van der Waals surface area contributed by atoms with Crippen molar-refractivity contribution in [3.8, 4) is 5.75 Å². The Morgan fingerprint density at radius 2 is 1.75 bits per heavy atom. The van der Waals surface area contributed by atoms with Crippen LogP contribution in [0.25, 0.3) is 10.9 Å². The lowest BCUT2D eigenvalue weighted by Gasteiger charge is -2.63. The third kappa shape index (κ3) is 5.20. The lowest BCUT2D eigenvalue weighted by molar-refractivity contribution is -0.228. The summed E-state index contributed by atoms with van der Waals surface area (Å²) in [7, 11) is 6.22. The van der Waals surface area contributed by atoms with Gasteiger partial charge in [0.2, 0.25) is 5.60 Å². The summed E-state index contributed by atoms with van der Waals surface area (Å²) in [6.07, 6.45) is 6.59. The minimum atomic E-state index is -2.29. The average molecular weight is 810 g/mol. The molecule has 3 fully saturated rings. The molecule has 1 aliphatic carbocycles. The Morgan fingerprint density at radius 1 is 0.983 bits per heavy atom. The number of carbonyl (C=O) groups is 3. The molecule has 1 saturated carbocycles. The molecule has 9 rings (SSSR count). The lowest BCUT2D eigenvalue weighted by atomic mass is 9.47. The van der Waals surface area contributed by atoms with Gasteiger partial charge in [-0.05, 0) is 74.2 Å². The molecule has 2 saturated heterocycles. The minimum absolute atomic E-state index is 0.0264. The predicted octanol–water partition coefficient (Wildman–Crippen LogP) is 3.96. The van der Waals surface area contributed by atoms with Crippen LogP contribution in [-0.4, -0.2) is 128 Å². The van der Waals surface area contributed by atoms with Crippen molar-refractivity contribution >= 4 is 34.5 Å². The van der Waals surface area contributed by atoms with Crippen LogP contribution < -0.4 is 15.4 Å².